The number of carbonyl (C=O) groups is 2. The van der Waals surface area contributed by atoms with Gasteiger partial charge < -0.3 is 36.4 Å². The first-order valence-electron chi connectivity index (χ1n) is 21.3. The van der Waals surface area contributed by atoms with E-state index in [4.69, 9.17) is 10.5 Å². The molecule has 3 aliphatic carbocycles. The molecule has 0 radical (unpaired) electrons. The minimum absolute atomic E-state index is 0.0277. The number of aliphatic hydroxyl groups excluding tert-OH is 3. The molecular formula is C43H73N3O6. The Morgan fingerprint density at radius 3 is 2.46 bits per heavy atom. The molecule has 4 fully saturated rings. The summed E-state index contributed by atoms with van der Waals surface area (Å²) in [6.45, 7) is 6.38. The number of piperidine rings is 2. The van der Waals surface area contributed by atoms with Gasteiger partial charge in [0.1, 0.15) is 17.5 Å². The summed E-state index contributed by atoms with van der Waals surface area (Å²) in [5.41, 5.74) is 6.25. The number of methoxy groups -OCH3 is 1. The van der Waals surface area contributed by atoms with Crippen molar-refractivity contribution in [3.8, 4) is 11.8 Å². The van der Waals surface area contributed by atoms with E-state index >= 15 is 0 Å². The van der Waals surface area contributed by atoms with Crippen LogP contribution in [0.2, 0.25) is 0 Å². The predicted molar refractivity (Wildman–Crippen MR) is 205 cm³/mol. The van der Waals surface area contributed by atoms with Crippen molar-refractivity contribution >= 4 is 11.6 Å². The monoisotopic (exact) mass is 728 g/mol. The summed E-state index contributed by atoms with van der Waals surface area (Å²) < 4.78 is 5.68. The summed E-state index contributed by atoms with van der Waals surface area (Å²) >= 11 is 0. The average molecular weight is 728 g/mol. The molecule has 2 heterocycles. The molecule has 0 aromatic rings. The number of nitrogens with one attached hydrogen (secondary N) is 2. The van der Waals surface area contributed by atoms with Gasteiger partial charge >= 0.3 is 0 Å². The van der Waals surface area contributed by atoms with Crippen molar-refractivity contribution in [1.82, 2.24) is 10.6 Å². The van der Waals surface area contributed by atoms with Crippen molar-refractivity contribution in [1.29, 1.82) is 0 Å². The van der Waals surface area contributed by atoms with E-state index in [1.165, 1.54) is 6.42 Å². The van der Waals surface area contributed by atoms with Gasteiger partial charge in [0, 0.05) is 38.3 Å². The van der Waals surface area contributed by atoms with Gasteiger partial charge in [0.25, 0.3) is 0 Å². The molecule has 296 valence electrons. The fourth-order valence-electron chi connectivity index (χ4n) is 10.7. The lowest BCUT2D eigenvalue weighted by molar-refractivity contribution is -0.125. The van der Waals surface area contributed by atoms with Crippen LogP contribution in [-0.2, 0) is 14.3 Å². The maximum Gasteiger partial charge on any atom is 0.150 e. The second kappa shape index (κ2) is 20.5. The van der Waals surface area contributed by atoms with E-state index in [1.54, 1.807) is 7.11 Å². The van der Waals surface area contributed by atoms with Gasteiger partial charge in [0.05, 0.1) is 30.6 Å². The second-order valence-corrected chi connectivity index (χ2v) is 18.2. The Bertz CT molecular complexity index is 1190. The fraction of sp³-hybridized carbons (Fsp3) is 0.907. The third-order valence-corrected chi connectivity index (χ3v) is 13.9. The Kier molecular flexibility index (Phi) is 16.5. The first-order chi connectivity index (χ1) is 25.0. The van der Waals surface area contributed by atoms with E-state index in [2.05, 4.69) is 36.3 Å². The molecule has 2 saturated carbocycles. The van der Waals surface area contributed by atoms with Crippen LogP contribution in [0.15, 0.2) is 0 Å². The lowest BCUT2D eigenvalue weighted by atomic mass is 9.67. The SMILES string of the molecule is COC1CC2CCC(=O)[C@@H]([C@H](O)CCCC[C@@H]3CN[C@@H]4CC(=O)CC[C@H]4C3)C#C[C@@H](CC[C@H](O)[C@H](CCC(C)C)CC3CCNC(N)C3)C2CC1O. The van der Waals surface area contributed by atoms with Crippen molar-refractivity contribution in [3.05, 3.63) is 0 Å². The zero-order chi connectivity index (χ0) is 37.2. The van der Waals surface area contributed by atoms with Crippen LogP contribution >= 0.6 is 0 Å². The molecule has 7 N–H and O–H groups in total. The number of ketones is 2. The molecule has 0 amide bonds. The van der Waals surface area contributed by atoms with Crippen molar-refractivity contribution in [2.45, 2.75) is 172 Å². The maximum absolute atomic E-state index is 13.7. The molecule has 5 aliphatic rings. The Morgan fingerprint density at radius 1 is 0.885 bits per heavy atom. The molecule has 0 spiro atoms. The first kappa shape index (κ1) is 41.8. The molecular weight excluding hydrogens is 654 g/mol. The van der Waals surface area contributed by atoms with E-state index in [9.17, 15) is 24.9 Å². The van der Waals surface area contributed by atoms with Gasteiger partial charge in [-0.2, -0.15) is 0 Å². The van der Waals surface area contributed by atoms with Gasteiger partial charge in [0.15, 0.2) is 0 Å². The number of aliphatic hydroxyl groups is 3. The van der Waals surface area contributed by atoms with Gasteiger partial charge in [-0.25, -0.2) is 0 Å². The minimum Gasteiger partial charge on any atom is -0.393 e. The number of hydrogen-bond acceptors (Lipinski definition) is 9. The van der Waals surface area contributed by atoms with E-state index in [1.807, 2.05) is 0 Å². The number of Topliss-reactive ketones (excluding diaryl/α,β-unsaturated/α-hetero) is 2. The molecule has 0 aromatic heterocycles. The van der Waals surface area contributed by atoms with Gasteiger partial charge in [-0.15, -0.1) is 0 Å². The van der Waals surface area contributed by atoms with Crippen LogP contribution in [0, 0.1) is 65.1 Å². The fourth-order valence-corrected chi connectivity index (χ4v) is 10.7. The van der Waals surface area contributed by atoms with Crippen molar-refractivity contribution in [2.75, 3.05) is 20.2 Å². The minimum atomic E-state index is -0.793. The van der Waals surface area contributed by atoms with Gasteiger partial charge in [-0.1, -0.05) is 45.0 Å². The standard InChI is InChI=1S/C43H73N3O6/c1-27(2)8-9-33(20-28-18-19-45-43(44)22-28)38(48)16-12-30-11-15-35(40(50)17-13-31-23-42(52-3)41(51)25-36(30)31)39(49)7-5-4-6-29-21-32-10-14-34(47)24-37(32)46-26-29/h27-33,35-39,41-43,45-46,48-49,51H,4-10,12-14,16-26,44H2,1-3H3/t28?,29-,30-,31?,32-,33+,35+,36?,37+,38-,39+,41?,42?,43?/m0/s1. The molecule has 5 rings (SSSR count). The summed E-state index contributed by atoms with van der Waals surface area (Å²) in [5.74, 6) is 9.33. The van der Waals surface area contributed by atoms with E-state index in [-0.39, 0.29) is 41.7 Å². The molecule has 6 unspecified atom stereocenters. The number of rotatable bonds is 16. The number of hydrogen-bond donors (Lipinski definition) is 6. The van der Waals surface area contributed by atoms with Crippen LogP contribution < -0.4 is 16.4 Å². The lowest BCUT2D eigenvalue weighted by Gasteiger charge is -2.41. The quantitative estimate of drug-likeness (QED) is 0.0939. The van der Waals surface area contributed by atoms with Crippen LogP contribution in [-0.4, -0.2) is 83.7 Å². The van der Waals surface area contributed by atoms with Crippen LogP contribution in [0.1, 0.15) is 136 Å². The van der Waals surface area contributed by atoms with Crippen molar-refractivity contribution in [2.24, 2.45) is 59.0 Å². The Balaban J connectivity index is 1.21. The molecule has 52 heavy (non-hydrogen) atoms. The lowest BCUT2D eigenvalue weighted by Crippen LogP contribution is -2.48. The highest BCUT2D eigenvalue weighted by molar-refractivity contribution is 5.84. The highest BCUT2D eigenvalue weighted by Crippen LogP contribution is 2.42. The zero-order valence-corrected chi connectivity index (χ0v) is 32.7. The molecule has 2 aliphatic heterocycles. The Morgan fingerprint density at radius 2 is 1.69 bits per heavy atom. The molecule has 9 heteroatoms. The van der Waals surface area contributed by atoms with E-state index in [0.29, 0.717) is 86.9 Å². The highest BCUT2D eigenvalue weighted by Gasteiger charge is 2.42. The second-order valence-electron chi connectivity index (χ2n) is 18.2. The topological polar surface area (TPSA) is 154 Å². The maximum atomic E-state index is 13.7. The summed E-state index contributed by atoms with van der Waals surface area (Å²) in [5, 5.41) is 41.2. The van der Waals surface area contributed by atoms with Gasteiger partial charge in [-0.05, 0) is 138 Å². The van der Waals surface area contributed by atoms with Gasteiger partial charge in [-0.3, -0.25) is 9.59 Å². The average Bonchev–Trinajstić information content (AvgIpc) is 3.18. The molecule has 14 atom stereocenters. The molecule has 2 saturated heterocycles. The van der Waals surface area contributed by atoms with E-state index in [0.717, 1.165) is 77.3 Å². The largest absolute Gasteiger partial charge is 0.393 e. The molecule has 0 bridgehead atoms. The highest BCUT2D eigenvalue weighted by atomic mass is 16.5. The zero-order valence-electron chi connectivity index (χ0n) is 32.7. The first-order valence-corrected chi connectivity index (χ1v) is 21.3. The van der Waals surface area contributed by atoms with Gasteiger partial charge in [0.2, 0.25) is 0 Å². The number of ether oxygens (including phenoxy) is 1. The van der Waals surface area contributed by atoms with Crippen molar-refractivity contribution < 1.29 is 29.6 Å². The number of unbranched alkanes of at least 4 members (excludes halogenated alkanes) is 1. The Labute approximate surface area is 314 Å². The normalized spacial score (nSPS) is 37.4. The third-order valence-electron chi connectivity index (χ3n) is 13.9. The third kappa shape index (κ3) is 12.1. The number of nitrogens with two attached hydrogens (primary N) is 1. The van der Waals surface area contributed by atoms with Crippen LogP contribution in [0.25, 0.3) is 0 Å². The summed E-state index contributed by atoms with van der Waals surface area (Å²) in [4.78, 5) is 25.5. The van der Waals surface area contributed by atoms with Crippen LogP contribution in [0.3, 0.4) is 0 Å². The van der Waals surface area contributed by atoms with Crippen molar-refractivity contribution in [3.63, 3.8) is 0 Å². The summed E-state index contributed by atoms with van der Waals surface area (Å²) in [6, 6.07) is 0.358. The Hall–Kier alpha value is -1.38. The van der Waals surface area contributed by atoms with Crippen LogP contribution in [0.4, 0.5) is 0 Å². The smallest absolute Gasteiger partial charge is 0.150 e. The number of fused-ring (bicyclic) bond motifs is 2. The molecule has 9 nitrogen and oxygen atoms in total. The van der Waals surface area contributed by atoms with E-state index < -0.39 is 24.2 Å². The summed E-state index contributed by atoms with van der Waals surface area (Å²) in [6.07, 6.45) is 13.9. The predicted octanol–water partition coefficient (Wildman–Crippen LogP) is 5.12. The summed E-state index contributed by atoms with van der Waals surface area (Å²) in [7, 11) is 1.65. The molecule has 0 aromatic carbocycles. The number of carbonyl (C=O) groups excluding carboxylic acids is 2. The van der Waals surface area contributed by atoms with Crippen LogP contribution in [0.5, 0.6) is 0 Å².